The standard InChI is InChI=1S/C17H13BrN2O3/c1-11-10-16(23-20-11)17(21)19-13-4-8-15(9-5-13)22-14-6-2-12(18)3-7-14/h2-10H,1H3,(H,19,21). The topological polar surface area (TPSA) is 64.4 Å². The molecule has 1 amide bonds. The average molecular weight is 373 g/mol. The number of carbonyl (C=O) groups excluding carboxylic acids is 1. The fraction of sp³-hybridized carbons (Fsp3) is 0.0588. The van der Waals surface area contributed by atoms with Crippen molar-refractivity contribution in [2.75, 3.05) is 5.32 Å². The average Bonchev–Trinajstić information content (AvgIpc) is 2.98. The van der Waals surface area contributed by atoms with E-state index in [1.54, 1.807) is 37.3 Å². The molecule has 0 fully saturated rings. The van der Waals surface area contributed by atoms with E-state index < -0.39 is 0 Å². The maximum atomic E-state index is 12.0. The predicted octanol–water partition coefficient (Wildman–Crippen LogP) is 4.79. The van der Waals surface area contributed by atoms with E-state index in [0.717, 1.165) is 10.2 Å². The molecule has 0 atom stereocenters. The van der Waals surface area contributed by atoms with Gasteiger partial charge in [0.25, 0.3) is 5.91 Å². The number of hydrogen-bond acceptors (Lipinski definition) is 4. The molecule has 116 valence electrons. The first-order chi connectivity index (χ1) is 11.1. The zero-order valence-corrected chi connectivity index (χ0v) is 13.8. The number of anilines is 1. The van der Waals surface area contributed by atoms with Crippen molar-refractivity contribution in [1.29, 1.82) is 0 Å². The van der Waals surface area contributed by atoms with Gasteiger partial charge in [-0.25, -0.2) is 0 Å². The van der Waals surface area contributed by atoms with Crippen molar-refractivity contribution in [3.8, 4) is 11.5 Å². The van der Waals surface area contributed by atoms with Crippen molar-refractivity contribution in [1.82, 2.24) is 5.16 Å². The molecule has 0 radical (unpaired) electrons. The highest BCUT2D eigenvalue weighted by Gasteiger charge is 2.11. The molecule has 1 aromatic heterocycles. The van der Waals surface area contributed by atoms with E-state index in [0.29, 0.717) is 17.1 Å². The molecular formula is C17H13BrN2O3. The van der Waals surface area contributed by atoms with E-state index in [4.69, 9.17) is 9.26 Å². The molecule has 5 nitrogen and oxygen atoms in total. The Labute approximate surface area is 141 Å². The van der Waals surface area contributed by atoms with Gasteiger partial charge in [-0.05, 0) is 55.5 Å². The van der Waals surface area contributed by atoms with Crippen LogP contribution in [-0.2, 0) is 0 Å². The van der Waals surface area contributed by atoms with Gasteiger partial charge in [-0.3, -0.25) is 4.79 Å². The molecule has 0 aliphatic heterocycles. The van der Waals surface area contributed by atoms with Gasteiger partial charge < -0.3 is 14.6 Å². The Morgan fingerprint density at radius 1 is 1.09 bits per heavy atom. The number of carbonyl (C=O) groups is 1. The molecule has 0 unspecified atom stereocenters. The molecule has 3 rings (SSSR count). The van der Waals surface area contributed by atoms with Crippen LogP contribution in [0.3, 0.4) is 0 Å². The minimum Gasteiger partial charge on any atom is -0.457 e. The van der Waals surface area contributed by atoms with Crippen LogP contribution in [0.4, 0.5) is 5.69 Å². The van der Waals surface area contributed by atoms with Crippen LogP contribution in [0, 0.1) is 6.92 Å². The highest BCUT2D eigenvalue weighted by atomic mass is 79.9. The van der Waals surface area contributed by atoms with Gasteiger partial charge in [-0.15, -0.1) is 0 Å². The molecule has 1 N–H and O–H groups in total. The van der Waals surface area contributed by atoms with Gasteiger partial charge in [-0.2, -0.15) is 0 Å². The zero-order valence-electron chi connectivity index (χ0n) is 12.2. The van der Waals surface area contributed by atoms with Crippen molar-refractivity contribution in [2.24, 2.45) is 0 Å². The van der Waals surface area contributed by atoms with Crippen molar-refractivity contribution < 1.29 is 14.1 Å². The second kappa shape index (κ2) is 6.66. The summed E-state index contributed by atoms with van der Waals surface area (Å²) in [6.45, 7) is 1.76. The second-order valence-corrected chi connectivity index (χ2v) is 5.78. The van der Waals surface area contributed by atoms with Gasteiger partial charge in [0.15, 0.2) is 0 Å². The summed E-state index contributed by atoms with van der Waals surface area (Å²) in [5.41, 5.74) is 1.31. The van der Waals surface area contributed by atoms with E-state index in [1.807, 2.05) is 24.3 Å². The molecule has 0 saturated heterocycles. The minimum absolute atomic E-state index is 0.178. The Bertz CT molecular complexity index is 811. The monoisotopic (exact) mass is 372 g/mol. The van der Waals surface area contributed by atoms with E-state index in [9.17, 15) is 4.79 Å². The third-order valence-electron chi connectivity index (χ3n) is 3.01. The molecule has 2 aromatic carbocycles. The van der Waals surface area contributed by atoms with Crippen molar-refractivity contribution in [3.05, 3.63) is 70.5 Å². The number of aromatic nitrogens is 1. The number of amides is 1. The van der Waals surface area contributed by atoms with Crippen LogP contribution in [0.5, 0.6) is 11.5 Å². The lowest BCUT2D eigenvalue weighted by molar-refractivity contribution is 0.0988. The summed E-state index contributed by atoms with van der Waals surface area (Å²) in [7, 11) is 0. The van der Waals surface area contributed by atoms with Crippen molar-refractivity contribution in [3.63, 3.8) is 0 Å². The van der Waals surface area contributed by atoms with Crippen LogP contribution in [-0.4, -0.2) is 11.1 Å². The molecule has 0 bridgehead atoms. The molecule has 0 spiro atoms. The fourth-order valence-electron chi connectivity index (χ4n) is 1.91. The van der Waals surface area contributed by atoms with E-state index in [2.05, 4.69) is 26.4 Å². The summed E-state index contributed by atoms with van der Waals surface area (Å²) in [5, 5.41) is 6.42. The third-order valence-corrected chi connectivity index (χ3v) is 3.54. The Morgan fingerprint density at radius 3 is 2.26 bits per heavy atom. The van der Waals surface area contributed by atoms with Gasteiger partial charge in [0, 0.05) is 16.2 Å². The summed E-state index contributed by atoms with van der Waals surface area (Å²) in [6.07, 6.45) is 0. The number of hydrogen-bond donors (Lipinski definition) is 1. The van der Waals surface area contributed by atoms with E-state index in [-0.39, 0.29) is 11.7 Å². The summed E-state index contributed by atoms with van der Waals surface area (Å²) < 4.78 is 11.6. The third kappa shape index (κ3) is 3.98. The van der Waals surface area contributed by atoms with Crippen LogP contribution in [0.1, 0.15) is 16.2 Å². The fourth-order valence-corrected chi connectivity index (χ4v) is 2.17. The number of benzene rings is 2. The number of nitrogens with one attached hydrogen (secondary N) is 1. The smallest absolute Gasteiger partial charge is 0.294 e. The van der Waals surface area contributed by atoms with Crippen molar-refractivity contribution >= 4 is 27.5 Å². The van der Waals surface area contributed by atoms with Crippen LogP contribution in [0.2, 0.25) is 0 Å². The second-order valence-electron chi connectivity index (χ2n) is 4.87. The lowest BCUT2D eigenvalue weighted by Gasteiger charge is -2.07. The number of nitrogens with zero attached hydrogens (tertiary/aromatic N) is 1. The SMILES string of the molecule is Cc1cc(C(=O)Nc2ccc(Oc3ccc(Br)cc3)cc2)on1. The summed E-state index contributed by atoms with van der Waals surface area (Å²) in [4.78, 5) is 12.0. The van der Waals surface area contributed by atoms with Crippen molar-refractivity contribution in [2.45, 2.75) is 6.92 Å². The molecule has 3 aromatic rings. The first-order valence-corrected chi connectivity index (χ1v) is 7.67. The molecule has 23 heavy (non-hydrogen) atoms. The number of halogens is 1. The van der Waals surface area contributed by atoms with Gasteiger partial charge in [0.1, 0.15) is 11.5 Å². The zero-order chi connectivity index (χ0) is 16.2. The van der Waals surface area contributed by atoms with E-state index >= 15 is 0 Å². The summed E-state index contributed by atoms with van der Waals surface area (Å²) >= 11 is 3.38. The quantitative estimate of drug-likeness (QED) is 0.714. The maximum absolute atomic E-state index is 12.0. The first kappa shape index (κ1) is 15.3. The highest BCUT2D eigenvalue weighted by Crippen LogP contribution is 2.24. The maximum Gasteiger partial charge on any atom is 0.294 e. The lowest BCUT2D eigenvalue weighted by Crippen LogP contribution is -2.10. The number of rotatable bonds is 4. The first-order valence-electron chi connectivity index (χ1n) is 6.88. The molecule has 1 heterocycles. The van der Waals surface area contributed by atoms with Gasteiger partial charge in [-0.1, -0.05) is 21.1 Å². The Kier molecular flexibility index (Phi) is 4.43. The molecule has 0 aliphatic carbocycles. The van der Waals surface area contributed by atoms with Gasteiger partial charge in [0.05, 0.1) is 5.69 Å². The van der Waals surface area contributed by atoms with Crippen LogP contribution in [0.25, 0.3) is 0 Å². The predicted molar refractivity (Wildman–Crippen MR) is 89.9 cm³/mol. The van der Waals surface area contributed by atoms with Crippen LogP contribution >= 0.6 is 15.9 Å². The van der Waals surface area contributed by atoms with Gasteiger partial charge >= 0.3 is 0 Å². The normalized spacial score (nSPS) is 10.3. The minimum atomic E-state index is -0.341. The Hall–Kier alpha value is -2.60. The summed E-state index contributed by atoms with van der Waals surface area (Å²) in [6, 6.07) is 16.2. The largest absolute Gasteiger partial charge is 0.457 e. The Balaban J connectivity index is 1.65. The lowest BCUT2D eigenvalue weighted by atomic mass is 10.3. The summed E-state index contributed by atoms with van der Waals surface area (Å²) in [5.74, 6) is 1.26. The Morgan fingerprint density at radius 2 is 1.70 bits per heavy atom. The molecule has 0 saturated carbocycles. The highest BCUT2D eigenvalue weighted by molar-refractivity contribution is 9.10. The molecule has 6 heteroatoms. The van der Waals surface area contributed by atoms with Crippen LogP contribution < -0.4 is 10.1 Å². The number of ether oxygens (including phenoxy) is 1. The molecular weight excluding hydrogens is 360 g/mol. The van der Waals surface area contributed by atoms with Crippen LogP contribution in [0.15, 0.2) is 63.6 Å². The van der Waals surface area contributed by atoms with E-state index in [1.165, 1.54) is 0 Å². The molecule has 0 aliphatic rings. The van der Waals surface area contributed by atoms with Gasteiger partial charge in [0.2, 0.25) is 5.76 Å². The number of aryl methyl sites for hydroxylation is 1.